The van der Waals surface area contributed by atoms with E-state index in [4.69, 9.17) is 9.84 Å². The normalized spacial score (nSPS) is 13.0. The van der Waals surface area contributed by atoms with E-state index in [0.717, 1.165) is 40.2 Å². The number of amides is 1. The number of fused-ring (bicyclic) bond motifs is 1. The Kier molecular flexibility index (Phi) is 7.33. The number of benzene rings is 3. The second-order valence-corrected chi connectivity index (χ2v) is 8.88. The van der Waals surface area contributed by atoms with Crippen molar-refractivity contribution < 1.29 is 19.4 Å². The molecule has 1 aliphatic rings. The molecule has 0 aliphatic heterocycles. The molecule has 0 saturated heterocycles. The quantitative estimate of drug-likeness (QED) is 0.364. The van der Waals surface area contributed by atoms with Gasteiger partial charge in [-0.15, -0.1) is 0 Å². The Morgan fingerprint density at radius 2 is 1.85 bits per heavy atom. The van der Waals surface area contributed by atoms with E-state index in [-0.39, 0.29) is 12.3 Å². The molecule has 0 heterocycles. The first-order chi connectivity index (χ1) is 16.4. The number of ether oxygens (including phenoxy) is 1. The second kappa shape index (κ2) is 10.6. The smallest absolute Gasteiger partial charge is 0.304 e. The van der Waals surface area contributed by atoms with Crippen LogP contribution in [0.3, 0.4) is 0 Å². The Bertz CT molecular complexity index is 1170. The number of nitrogens with one attached hydrogen (secondary N) is 2. The number of aliphatic carboxylic acids is 1. The summed E-state index contributed by atoms with van der Waals surface area (Å²) in [5.41, 5.74) is 3.36. The Morgan fingerprint density at radius 3 is 2.53 bits per heavy atom. The third-order valence-corrected chi connectivity index (χ3v) is 6.10. The summed E-state index contributed by atoms with van der Waals surface area (Å²) in [7, 11) is 3.74. The SMILES string of the molecule is COc1ccc2cc(C(=O)Nc3ccc(CNCCC(=O)O)cc3)cc(N(C)CC3CC3)c2c1. The fourth-order valence-electron chi connectivity index (χ4n) is 4.01. The molecule has 0 unspecified atom stereocenters. The maximum atomic E-state index is 13.1. The molecule has 3 aromatic rings. The average molecular weight is 462 g/mol. The number of hydrogen-bond donors (Lipinski definition) is 3. The zero-order chi connectivity index (χ0) is 24.1. The van der Waals surface area contributed by atoms with Crippen LogP contribution in [-0.2, 0) is 11.3 Å². The first-order valence-corrected chi connectivity index (χ1v) is 11.6. The molecule has 3 aromatic carbocycles. The van der Waals surface area contributed by atoms with E-state index in [0.29, 0.717) is 24.3 Å². The summed E-state index contributed by atoms with van der Waals surface area (Å²) in [5, 5.41) is 16.9. The van der Waals surface area contributed by atoms with Gasteiger partial charge in [0.1, 0.15) is 5.75 Å². The summed E-state index contributed by atoms with van der Waals surface area (Å²) >= 11 is 0. The van der Waals surface area contributed by atoms with Crippen molar-refractivity contribution in [2.45, 2.75) is 25.8 Å². The van der Waals surface area contributed by atoms with Crippen LogP contribution in [0, 0.1) is 5.92 Å². The van der Waals surface area contributed by atoms with E-state index >= 15 is 0 Å². The van der Waals surface area contributed by atoms with Crippen molar-refractivity contribution in [1.29, 1.82) is 0 Å². The highest BCUT2D eigenvalue weighted by molar-refractivity contribution is 6.09. The molecule has 1 amide bonds. The van der Waals surface area contributed by atoms with Crippen molar-refractivity contribution in [3.05, 3.63) is 65.7 Å². The molecule has 0 atom stereocenters. The van der Waals surface area contributed by atoms with Gasteiger partial charge in [-0.05, 0) is 66.1 Å². The largest absolute Gasteiger partial charge is 0.497 e. The fraction of sp³-hybridized carbons (Fsp3) is 0.333. The van der Waals surface area contributed by atoms with Gasteiger partial charge in [0.2, 0.25) is 0 Å². The van der Waals surface area contributed by atoms with Gasteiger partial charge in [-0.25, -0.2) is 0 Å². The first kappa shape index (κ1) is 23.6. The molecule has 0 radical (unpaired) electrons. The Hall–Kier alpha value is -3.58. The monoisotopic (exact) mass is 461 g/mol. The second-order valence-electron chi connectivity index (χ2n) is 8.88. The van der Waals surface area contributed by atoms with E-state index in [9.17, 15) is 9.59 Å². The number of methoxy groups -OCH3 is 1. The molecule has 34 heavy (non-hydrogen) atoms. The number of rotatable bonds is 11. The fourth-order valence-corrected chi connectivity index (χ4v) is 4.01. The van der Waals surface area contributed by atoms with Crippen LogP contribution in [0.25, 0.3) is 10.8 Å². The highest BCUT2D eigenvalue weighted by Gasteiger charge is 2.24. The zero-order valence-corrected chi connectivity index (χ0v) is 19.6. The average Bonchev–Trinajstić information content (AvgIpc) is 3.65. The number of carbonyl (C=O) groups is 2. The summed E-state index contributed by atoms with van der Waals surface area (Å²) in [5.74, 6) is 0.537. The van der Waals surface area contributed by atoms with Crippen LogP contribution < -0.4 is 20.3 Å². The van der Waals surface area contributed by atoms with Gasteiger partial charge in [-0.1, -0.05) is 18.2 Å². The molecule has 0 bridgehead atoms. The minimum Gasteiger partial charge on any atom is -0.497 e. The lowest BCUT2D eigenvalue weighted by molar-refractivity contribution is -0.136. The van der Waals surface area contributed by atoms with Crippen LogP contribution in [0.15, 0.2) is 54.6 Å². The highest BCUT2D eigenvalue weighted by atomic mass is 16.5. The van der Waals surface area contributed by atoms with Gasteiger partial charge in [-0.2, -0.15) is 0 Å². The Morgan fingerprint density at radius 1 is 1.09 bits per heavy atom. The first-order valence-electron chi connectivity index (χ1n) is 11.6. The van der Waals surface area contributed by atoms with E-state index in [1.165, 1.54) is 12.8 Å². The summed E-state index contributed by atoms with van der Waals surface area (Å²) in [4.78, 5) is 26.0. The molecule has 7 heteroatoms. The van der Waals surface area contributed by atoms with Gasteiger partial charge in [0, 0.05) is 49.0 Å². The number of carboxylic acid groups (broad SMARTS) is 1. The molecule has 0 spiro atoms. The highest BCUT2D eigenvalue weighted by Crippen LogP contribution is 2.35. The van der Waals surface area contributed by atoms with Gasteiger partial charge in [0.05, 0.1) is 13.5 Å². The number of nitrogens with zero attached hydrogens (tertiary/aromatic N) is 1. The third-order valence-electron chi connectivity index (χ3n) is 6.10. The predicted molar refractivity (Wildman–Crippen MR) is 135 cm³/mol. The van der Waals surface area contributed by atoms with Crippen LogP contribution in [0.5, 0.6) is 5.75 Å². The third kappa shape index (κ3) is 6.05. The van der Waals surface area contributed by atoms with E-state index in [2.05, 4.69) is 22.6 Å². The van der Waals surface area contributed by atoms with Crippen LogP contribution in [-0.4, -0.2) is 44.2 Å². The Labute approximate surface area is 199 Å². The maximum absolute atomic E-state index is 13.1. The summed E-state index contributed by atoms with van der Waals surface area (Å²) in [6.07, 6.45) is 2.61. The molecule has 0 aromatic heterocycles. The molecule has 1 fully saturated rings. The maximum Gasteiger partial charge on any atom is 0.304 e. The van der Waals surface area contributed by atoms with Crippen LogP contribution in [0.1, 0.15) is 35.2 Å². The molecule has 178 valence electrons. The molecular formula is C27H31N3O4. The molecule has 1 aliphatic carbocycles. The number of anilines is 2. The molecular weight excluding hydrogens is 430 g/mol. The van der Waals surface area contributed by atoms with Crippen LogP contribution in [0.4, 0.5) is 11.4 Å². The standard InChI is InChI=1S/C27H31N3O4/c1-30(17-19-3-4-19)25-14-21(13-20-7-10-23(34-2)15-24(20)25)27(33)29-22-8-5-18(6-9-22)16-28-12-11-26(31)32/h5-10,13-15,19,28H,3-4,11-12,16-17H2,1-2H3,(H,29,33)(H,31,32). The summed E-state index contributed by atoms with van der Waals surface area (Å²) in [6, 6.07) is 17.4. The number of carboxylic acids is 1. The minimum absolute atomic E-state index is 0.0878. The predicted octanol–water partition coefficient (Wildman–Crippen LogP) is 4.51. The van der Waals surface area contributed by atoms with Gasteiger partial charge >= 0.3 is 5.97 Å². The van der Waals surface area contributed by atoms with Crippen molar-refractivity contribution in [3.8, 4) is 5.75 Å². The lowest BCUT2D eigenvalue weighted by atomic mass is 10.0. The molecule has 7 nitrogen and oxygen atoms in total. The van der Waals surface area contributed by atoms with E-state index in [1.54, 1.807) is 7.11 Å². The van der Waals surface area contributed by atoms with Gasteiger partial charge in [-0.3, -0.25) is 9.59 Å². The van der Waals surface area contributed by atoms with Crippen LogP contribution >= 0.6 is 0 Å². The zero-order valence-electron chi connectivity index (χ0n) is 19.6. The minimum atomic E-state index is -0.819. The molecule has 1 saturated carbocycles. The van der Waals surface area contributed by atoms with E-state index in [1.807, 2.05) is 54.6 Å². The number of carbonyl (C=O) groups excluding carboxylic acids is 1. The number of hydrogen-bond acceptors (Lipinski definition) is 5. The molecule has 3 N–H and O–H groups in total. The van der Waals surface area contributed by atoms with E-state index < -0.39 is 5.97 Å². The van der Waals surface area contributed by atoms with Crippen molar-refractivity contribution >= 4 is 34.0 Å². The van der Waals surface area contributed by atoms with Crippen molar-refractivity contribution in [2.75, 3.05) is 37.5 Å². The molecule has 4 rings (SSSR count). The van der Waals surface area contributed by atoms with Crippen LogP contribution in [0.2, 0.25) is 0 Å². The summed E-state index contributed by atoms with van der Waals surface area (Å²) in [6.45, 7) is 1.96. The van der Waals surface area contributed by atoms with Crippen molar-refractivity contribution in [1.82, 2.24) is 5.32 Å². The lowest BCUT2D eigenvalue weighted by Gasteiger charge is -2.22. The lowest BCUT2D eigenvalue weighted by Crippen LogP contribution is -2.21. The summed E-state index contributed by atoms with van der Waals surface area (Å²) < 4.78 is 5.43. The van der Waals surface area contributed by atoms with Crippen molar-refractivity contribution in [2.24, 2.45) is 5.92 Å². The van der Waals surface area contributed by atoms with Crippen molar-refractivity contribution in [3.63, 3.8) is 0 Å². The topological polar surface area (TPSA) is 90.9 Å². The van der Waals surface area contributed by atoms with Gasteiger partial charge < -0.3 is 25.4 Å². The van der Waals surface area contributed by atoms with Gasteiger partial charge in [0.15, 0.2) is 0 Å². The van der Waals surface area contributed by atoms with Gasteiger partial charge in [0.25, 0.3) is 5.91 Å². The Balaban J connectivity index is 1.50.